The average Bonchev–Trinajstić information content (AvgIpc) is 2.27. The van der Waals surface area contributed by atoms with Crippen molar-refractivity contribution in [3.05, 3.63) is 0 Å². The molecule has 0 aromatic rings. The highest BCUT2D eigenvalue weighted by molar-refractivity contribution is 5.85. The van der Waals surface area contributed by atoms with Crippen LogP contribution in [0.2, 0.25) is 0 Å². The van der Waals surface area contributed by atoms with Crippen molar-refractivity contribution in [3.63, 3.8) is 0 Å². The predicted octanol–water partition coefficient (Wildman–Crippen LogP) is 0.661. The number of carbonyl (C=O) groups is 1. The summed E-state index contributed by atoms with van der Waals surface area (Å²) in [4.78, 5) is 13.6. The van der Waals surface area contributed by atoms with Crippen LogP contribution in [0, 0.1) is 0 Å². The van der Waals surface area contributed by atoms with Crippen LogP contribution in [0.15, 0.2) is 0 Å². The first-order valence-electron chi connectivity index (χ1n) is 5.52. The zero-order valence-corrected chi connectivity index (χ0v) is 11.9. The minimum atomic E-state index is -0.531. The molecule has 1 aliphatic rings. The van der Waals surface area contributed by atoms with Gasteiger partial charge in [-0.1, -0.05) is 0 Å². The van der Waals surface area contributed by atoms with E-state index in [2.05, 4.69) is 5.32 Å². The molecule has 0 spiro atoms. The molecule has 1 unspecified atom stereocenters. The Hall–Kier alpha value is -0.0700. The van der Waals surface area contributed by atoms with Gasteiger partial charge in [0.2, 0.25) is 6.23 Å². The van der Waals surface area contributed by atoms with Crippen molar-refractivity contribution in [1.82, 2.24) is 10.2 Å². The van der Waals surface area contributed by atoms with Crippen LogP contribution in [0.1, 0.15) is 13.8 Å². The van der Waals surface area contributed by atoms with Gasteiger partial charge in [0, 0.05) is 32.8 Å². The number of hydrogen-bond donors (Lipinski definition) is 1. The van der Waals surface area contributed by atoms with Gasteiger partial charge in [0.1, 0.15) is 0 Å². The summed E-state index contributed by atoms with van der Waals surface area (Å²) in [6.07, 6.45) is -0.531. The lowest BCUT2D eigenvalue weighted by Crippen LogP contribution is -2.52. The van der Waals surface area contributed by atoms with Crippen molar-refractivity contribution in [2.45, 2.75) is 20.1 Å². The fourth-order valence-electron chi connectivity index (χ4n) is 1.61. The van der Waals surface area contributed by atoms with E-state index < -0.39 is 6.23 Å². The van der Waals surface area contributed by atoms with Crippen LogP contribution in [0.5, 0.6) is 0 Å². The Bertz CT molecular complexity index is 202. The van der Waals surface area contributed by atoms with Crippen molar-refractivity contribution < 1.29 is 14.3 Å². The van der Waals surface area contributed by atoms with Crippen LogP contribution < -0.4 is 5.32 Å². The fourth-order valence-corrected chi connectivity index (χ4v) is 1.61. The highest BCUT2D eigenvalue weighted by Crippen LogP contribution is 2.05. The van der Waals surface area contributed by atoms with Gasteiger partial charge in [-0.15, -0.1) is 24.8 Å². The van der Waals surface area contributed by atoms with Gasteiger partial charge < -0.3 is 14.8 Å². The Kier molecular flexibility index (Phi) is 12.5. The third kappa shape index (κ3) is 6.43. The van der Waals surface area contributed by atoms with Crippen molar-refractivity contribution in [2.75, 3.05) is 39.4 Å². The lowest BCUT2D eigenvalue weighted by atomic mass is 10.3. The van der Waals surface area contributed by atoms with Crippen LogP contribution >= 0.6 is 24.8 Å². The molecule has 0 amide bonds. The average molecular weight is 289 g/mol. The Morgan fingerprint density at radius 1 is 1.24 bits per heavy atom. The monoisotopic (exact) mass is 288 g/mol. The van der Waals surface area contributed by atoms with E-state index in [9.17, 15) is 4.79 Å². The number of hydrogen-bond acceptors (Lipinski definition) is 5. The third-order valence-corrected chi connectivity index (χ3v) is 2.30. The molecule has 0 bridgehead atoms. The molecule has 0 radical (unpaired) electrons. The third-order valence-electron chi connectivity index (χ3n) is 2.30. The van der Waals surface area contributed by atoms with Gasteiger partial charge in [0.15, 0.2) is 0 Å². The number of esters is 1. The Morgan fingerprint density at radius 2 is 1.82 bits per heavy atom. The summed E-state index contributed by atoms with van der Waals surface area (Å²) in [7, 11) is 0. The lowest BCUT2D eigenvalue weighted by Gasteiger charge is -2.32. The molecule has 1 atom stereocenters. The van der Waals surface area contributed by atoms with Crippen molar-refractivity contribution in [2.24, 2.45) is 0 Å². The van der Waals surface area contributed by atoms with E-state index in [0.717, 1.165) is 26.2 Å². The molecular formula is C10H22Cl2N2O3. The number of piperazine rings is 1. The maximum atomic E-state index is 11.6. The molecule has 0 saturated carbocycles. The molecule has 0 aliphatic carbocycles. The van der Waals surface area contributed by atoms with Crippen molar-refractivity contribution in [1.29, 1.82) is 0 Å². The highest BCUT2D eigenvalue weighted by Gasteiger charge is 2.28. The van der Waals surface area contributed by atoms with Crippen LogP contribution in [-0.2, 0) is 14.3 Å². The van der Waals surface area contributed by atoms with E-state index >= 15 is 0 Å². The quantitative estimate of drug-likeness (QED) is 0.754. The van der Waals surface area contributed by atoms with Gasteiger partial charge >= 0.3 is 5.97 Å². The molecule has 17 heavy (non-hydrogen) atoms. The number of nitrogens with zero attached hydrogens (tertiary/aromatic N) is 1. The Labute approximate surface area is 115 Å². The normalized spacial score (nSPS) is 17.5. The minimum absolute atomic E-state index is 0. The molecule has 1 heterocycles. The number of nitrogens with one attached hydrogen (secondary N) is 1. The number of rotatable bonds is 5. The molecule has 0 aromatic heterocycles. The fraction of sp³-hybridized carbons (Fsp3) is 0.900. The lowest BCUT2D eigenvalue weighted by molar-refractivity contribution is -0.171. The summed E-state index contributed by atoms with van der Waals surface area (Å²) in [5.41, 5.74) is 0. The standard InChI is InChI=1S/C10H20N2O3.2ClH/c1-3-14-9(10(13)15-4-2)12-7-5-11-6-8-12;;/h9,11H,3-8H2,1-2H3;2*1H. The largest absolute Gasteiger partial charge is 0.463 e. The molecule has 104 valence electrons. The summed E-state index contributed by atoms with van der Waals surface area (Å²) in [6, 6.07) is 0. The van der Waals surface area contributed by atoms with Crippen LogP contribution in [-0.4, -0.2) is 56.5 Å². The molecule has 1 rings (SSSR count). The van der Waals surface area contributed by atoms with E-state index in [1.165, 1.54) is 0 Å². The van der Waals surface area contributed by atoms with E-state index in [0.29, 0.717) is 13.2 Å². The van der Waals surface area contributed by atoms with Crippen LogP contribution in [0.3, 0.4) is 0 Å². The van der Waals surface area contributed by atoms with Crippen LogP contribution in [0.25, 0.3) is 0 Å². The first-order valence-corrected chi connectivity index (χ1v) is 5.52. The molecule has 0 aromatic carbocycles. The van der Waals surface area contributed by atoms with Gasteiger partial charge in [0.25, 0.3) is 0 Å². The minimum Gasteiger partial charge on any atom is -0.463 e. The summed E-state index contributed by atoms with van der Waals surface area (Å²) in [6.45, 7) is 8.04. The maximum Gasteiger partial charge on any atom is 0.350 e. The van der Waals surface area contributed by atoms with Gasteiger partial charge in [-0.25, -0.2) is 4.79 Å². The molecule has 1 fully saturated rings. The van der Waals surface area contributed by atoms with Gasteiger partial charge in [-0.3, -0.25) is 4.90 Å². The topological polar surface area (TPSA) is 50.8 Å². The zero-order chi connectivity index (χ0) is 11.1. The molecule has 1 N–H and O–H groups in total. The molecule has 1 saturated heterocycles. The number of halogens is 2. The molecule has 1 aliphatic heterocycles. The zero-order valence-electron chi connectivity index (χ0n) is 10.3. The molecule has 7 heteroatoms. The SMILES string of the molecule is CCOC(=O)C(OCC)N1CCNCC1.Cl.Cl. The summed E-state index contributed by atoms with van der Waals surface area (Å²) in [5, 5.41) is 3.23. The second kappa shape index (κ2) is 11.0. The summed E-state index contributed by atoms with van der Waals surface area (Å²) >= 11 is 0. The van der Waals surface area contributed by atoms with E-state index in [1.54, 1.807) is 6.92 Å². The number of ether oxygens (including phenoxy) is 2. The Morgan fingerprint density at radius 3 is 2.29 bits per heavy atom. The maximum absolute atomic E-state index is 11.6. The second-order valence-corrected chi connectivity index (χ2v) is 3.35. The van der Waals surface area contributed by atoms with Crippen molar-refractivity contribution >= 4 is 30.8 Å². The second-order valence-electron chi connectivity index (χ2n) is 3.35. The predicted molar refractivity (Wildman–Crippen MR) is 71.0 cm³/mol. The van der Waals surface area contributed by atoms with Crippen LogP contribution in [0.4, 0.5) is 0 Å². The first-order chi connectivity index (χ1) is 7.29. The number of carbonyl (C=O) groups excluding carboxylic acids is 1. The molecule has 5 nitrogen and oxygen atoms in total. The van der Waals surface area contributed by atoms with E-state index in [1.807, 2.05) is 11.8 Å². The Balaban J connectivity index is 0. The molecular weight excluding hydrogens is 267 g/mol. The van der Waals surface area contributed by atoms with Gasteiger partial charge in [-0.05, 0) is 13.8 Å². The summed E-state index contributed by atoms with van der Waals surface area (Å²) < 4.78 is 10.4. The smallest absolute Gasteiger partial charge is 0.350 e. The summed E-state index contributed by atoms with van der Waals surface area (Å²) in [5.74, 6) is -0.277. The highest BCUT2D eigenvalue weighted by atomic mass is 35.5. The van der Waals surface area contributed by atoms with Gasteiger partial charge in [0.05, 0.1) is 6.61 Å². The van der Waals surface area contributed by atoms with Crippen molar-refractivity contribution in [3.8, 4) is 0 Å². The van der Waals surface area contributed by atoms with E-state index in [4.69, 9.17) is 9.47 Å². The van der Waals surface area contributed by atoms with Gasteiger partial charge in [-0.2, -0.15) is 0 Å². The van der Waals surface area contributed by atoms with E-state index in [-0.39, 0.29) is 30.8 Å². The first kappa shape index (κ1) is 19.3.